The number of hydrogen-bond donors (Lipinski definition) is 2. The van der Waals surface area contributed by atoms with E-state index >= 15 is 0 Å². The Morgan fingerprint density at radius 3 is 2.40 bits per heavy atom. The molecule has 0 aliphatic rings. The predicted octanol–water partition coefficient (Wildman–Crippen LogP) is 3.40. The molecule has 2 aromatic rings. The standard InChI is InChI=1S/C15H12FN3O/c1-10(20)18-11-5-7-12(8-6-11)19-15-4-2-3-14(16)13(15)9-17/h2-8,19H,1H3,(H,18,20). The number of anilines is 3. The molecule has 5 heteroatoms. The van der Waals surface area contributed by atoms with Gasteiger partial charge in [0.25, 0.3) is 0 Å². The highest BCUT2D eigenvalue weighted by molar-refractivity contribution is 5.88. The first-order valence-electron chi connectivity index (χ1n) is 5.93. The van der Waals surface area contributed by atoms with Crippen molar-refractivity contribution in [1.82, 2.24) is 0 Å². The van der Waals surface area contributed by atoms with E-state index in [2.05, 4.69) is 10.6 Å². The largest absolute Gasteiger partial charge is 0.354 e. The number of amides is 1. The van der Waals surface area contributed by atoms with Gasteiger partial charge in [0.15, 0.2) is 0 Å². The van der Waals surface area contributed by atoms with Crippen LogP contribution >= 0.6 is 0 Å². The van der Waals surface area contributed by atoms with Crippen molar-refractivity contribution in [3.8, 4) is 6.07 Å². The minimum absolute atomic E-state index is 0.0292. The zero-order valence-corrected chi connectivity index (χ0v) is 10.8. The summed E-state index contributed by atoms with van der Waals surface area (Å²) in [6.45, 7) is 1.43. The SMILES string of the molecule is CC(=O)Nc1ccc(Nc2cccc(F)c2C#N)cc1. The van der Waals surface area contributed by atoms with Gasteiger partial charge in [-0.1, -0.05) is 6.07 Å². The second kappa shape index (κ2) is 5.85. The first-order chi connectivity index (χ1) is 9.60. The molecular weight excluding hydrogens is 257 g/mol. The molecule has 0 saturated heterocycles. The minimum Gasteiger partial charge on any atom is -0.354 e. The molecular formula is C15H12FN3O. The van der Waals surface area contributed by atoms with Crippen molar-refractivity contribution in [1.29, 1.82) is 5.26 Å². The summed E-state index contributed by atoms with van der Waals surface area (Å²) in [5, 5.41) is 14.6. The van der Waals surface area contributed by atoms with Crippen LogP contribution in [0.5, 0.6) is 0 Å². The summed E-state index contributed by atoms with van der Waals surface area (Å²) in [6, 6.07) is 13.1. The van der Waals surface area contributed by atoms with Crippen LogP contribution in [0.1, 0.15) is 12.5 Å². The van der Waals surface area contributed by atoms with Crippen LogP contribution in [-0.2, 0) is 4.79 Å². The fourth-order valence-corrected chi connectivity index (χ4v) is 1.74. The van der Waals surface area contributed by atoms with Gasteiger partial charge in [-0.05, 0) is 36.4 Å². The molecule has 0 saturated carbocycles. The van der Waals surface area contributed by atoms with E-state index in [0.29, 0.717) is 17.1 Å². The highest BCUT2D eigenvalue weighted by atomic mass is 19.1. The second-order valence-corrected chi connectivity index (χ2v) is 4.16. The van der Waals surface area contributed by atoms with Crippen LogP contribution in [0, 0.1) is 17.1 Å². The number of hydrogen-bond acceptors (Lipinski definition) is 3. The van der Waals surface area contributed by atoms with Crippen LogP contribution in [0.25, 0.3) is 0 Å². The second-order valence-electron chi connectivity index (χ2n) is 4.16. The van der Waals surface area contributed by atoms with Gasteiger partial charge in [-0.25, -0.2) is 4.39 Å². The Bertz CT molecular complexity index is 675. The molecule has 0 fully saturated rings. The fourth-order valence-electron chi connectivity index (χ4n) is 1.74. The van der Waals surface area contributed by atoms with Crippen molar-refractivity contribution in [3.63, 3.8) is 0 Å². The normalized spacial score (nSPS) is 9.65. The molecule has 2 rings (SSSR count). The summed E-state index contributed by atoms with van der Waals surface area (Å²) < 4.78 is 13.5. The molecule has 20 heavy (non-hydrogen) atoms. The van der Waals surface area contributed by atoms with Crippen molar-refractivity contribution in [2.75, 3.05) is 10.6 Å². The molecule has 1 amide bonds. The molecule has 0 atom stereocenters. The molecule has 0 heterocycles. The Hall–Kier alpha value is -2.87. The van der Waals surface area contributed by atoms with E-state index in [9.17, 15) is 9.18 Å². The molecule has 2 N–H and O–H groups in total. The summed E-state index contributed by atoms with van der Waals surface area (Å²) in [5.41, 5.74) is 1.74. The zero-order chi connectivity index (χ0) is 14.5. The van der Waals surface area contributed by atoms with Crippen molar-refractivity contribution in [2.45, 2.75) is 6.92 Å². The molecule has 100 valence electrons. The fraction of sp³-hybridized carbons (Fsp3) is 0.0667. The maximum Gasteiger partial charge on any atom is 0.221 e. The lowest BCUT2D eigenvalue weighted by Gasteiger charge is -2.09. The van der Waals surface area contributed by atoms with Crippen molar-refractivity contribution in [2.24, 2.45) is 0 Å². The lowest BCUT2D eigenvalue weighted by atomic mass is 10.1. The lowest BCUT2D eigenvalue weighted by Crippen LogP contribution is -2.05. The molecule has 0 spiro atoms. The van der Waals surface area contributed by atoms with E-state index in [1.807, 2.05) is 6.07 Å². The van der Waals surface area contributed by atoms with Gasteiger partial charge in [-0.3, -0.25) is 4.79 Å². The Morgan fingerprint density at radius 2 is 1.80 bits per heavy atom. The van der Waals surface area contributed by atoms with Gasteiger partial charge in [-0.2, -0.15) is 5.26 Å². The van der Waals surface area contributed by atoms with Crippen molar-refractivity contribution < 1.29 is 9.18 Å². The summed E-state index contributed by atoms with van der Waals surface area (Å²) in [4.78, 5) is 10.9. The third-order valence-electron chi connectivity index (χ3n) is 2.61. The number of benzene rings is 2. The zero-order valence-electron chi connectivity index (χ0n) is 10.8. The van der Waals surface area contributed by atoms with Crippen LogP contribution < -0.4 is 10.6 Å². The van der Waals surface area contributed by atoms with E-state index in [4.69, 9.17) is 5.26 Å². The summed E-state index contributed by atoms with van der Waals surface area (Å²) in [6.07, 6.45) is 0. The number of carbonyl (C=O) groups is 1. The number of carbonyl (C=O) groups excluding carboxylic acids is 1. The molecule has 4 nitrogen and oxygen atoms in total. The molecule has 0 unspecified atom stereocenters. The Balaban J connectivity index is 2.21. The van der Waals surface area contributed by atoms with Gasteiger partial charge in [0.05, 0.1) is 5.69 Å². The van der Waals surface area contributed by atoms with E-state index in [0.717, 1.165) is 0 Å². The Kier molecular flexibility index (Phi) is 3.96. The smallest absolute Gasteiger partial charge is 0.221 e. The van der Waals surface area contributed by atoms with Crippen molar-refractivity contribution >= 4 is 23.0 Å². The average molecular weight is 269 g/mol. The van der Waals surface area contributed by atoms with Crippen LogP contribution in [0.2, 0.25) is 0 Å². The molecule has 0 aliphatic carbocycles. The average Bonchev–Trinajstić information content (AvgIpc) is 2.41. The number of nitriles is 1. The number of halogens is 1. The Morgan fingerprint density at radius 1 is 1.15 bits per heavy atom. The van der Waals surface area contributed by atoms with Gasteiger partial charge in [-0.15, -0.1) is 0 Å². The quantitative estimate of drug-likeness (QED) is 0.897. The molecule has 2 aromatic carbocycles. The summed E-state index contributed by atoms with van der Waals surface area (Å²) >= 11 is 0. The third-order valence-corrected chi connectivity index (χ3v) is 2.61. The molecule has 0 bridgehead atoms. The van der Waals surface area contributed by atoms with Gasteiger partial charge < -0.3 is 10.6 Å². The number of nitrogens with one attached hydrogen (secondary N) is 2. The highest BCUT2D eigenvalue weighted by Gasteiger charge is 2.07. The maximum atomic E-state index is 13.5. The molecule has 0 aliphatic heterocycles. The van der Waals surface area contributed by atoms with Crippen LogP contribution in [0.4, 0.5) is 21.5 Å². The summed E-state index contributed by atoms with van der Waals surface area (Å²) in [7, 11) is 0. The van der Waals surface area contributed by atoms with E-state index in [1.165, 1.54) is 19.1 Å². The van der Waals surface area contributed by atoms with Gasteiger partial charge >= 0.3 is 0 Å². The van der Waals surface area contributed by atoms with E-state index < -0.39 is 5.82 Å². The van der Waals surface area contributed by atoms with Gasteiger partial charge in [0.2, 0.25) is 5.91 Å². The topological polar surface area (TPSA) is 64.9 Å². The van der Waals surface area contributed by atoms with E-state index in [-0.39, 0.29) is 11.5 Å². The summed E-state index contributed by atoms with van der Waals surface area (Å²) in [5.74, 6) is -0.713. The predicted molar refractivity (Wildman–Crippen MR) is 75.1 cm³/mol. The Labute approximate surface area is 115 Å². The minimum atomic E-state index is -0.563. The maximum absolute atomic E-state index is 13.5. The first kappa shape index (κ1) is 13.6. The van der Waals surface area contributed by atoms with Crippen molar-refractivity contribution in [3.05, 3.63) is 53.8 Å². The lowest BCUT2D eigenvalue weighted by molar-refractivity contribution is -0.114. The van der Waals surface area contributed by atoms with Crippen LogP contribution in [-0.4, -0.2) is 5.91 Å². The number of nitrogens with zero attached hydrogens (tertiary/aromatic N) is 1. The van der Waals surface area contributed by atoms with Gasteiger partial charge in [0.1, 0.15) is 17.4 Å². The van der Waals surface area contributed by atoms with E-state index in [1.54, 1.807) is 30.3 Å². The monoisotopic (exact) mass is 269 g/mol. The highest BCUT2D eigenvalue weighted by Crippen LogP contribution is 2.23. The van der Waals surface area contributed by atoms with Gasteiger partial charge in [0, 0.05) is 18.3 Å². The first-order valence-corrected chi connectivity index (χ1v) is 5.93. The third kappa shape index (κ3) is 3.12. The van der Waals surface area contributed by atoms with Crippen LogP contribution in [0.3, 0.4) is 0 Å². The van der Waals surface area contributed by atoms with Crippen LogP contribution in [0.15, 0.2) is 42.5 Å². The number of rotatable bonds is 3. The molecule has 0 aromatic heterocycles. The molecule has 0 radical (unpaired) electrons.